The first-order valence-electron chi connectivity index (χ1n) is 26.3. The number of hydrogen-bond donors (Lipinski definition) is 2. The lowest BCUT2D eigenvalue weighted by Gasteiger charge is -2.14. The highest BCUT2D eigenvalue weighted by molar-refractivity contribution is 7.98. The van der Waals surface area contributed by atoms with Gasteiger partial charge in [0.2, 0.25) is 0 Å². The summed E-state index contributed by atoms with van der Waals surface area (Å²) in [4.78, 5) is 65.8. The summed E-state index contributed by atoms with van der Waals surface area (Å²) in [6.45, 7) is 3.31. The number of ether oxygens (including phenoxy) is 5. The van der Waals surface area contributed by atoms with Crippen molar-refractivity contribution in [2.45, 2.75) is 59.3 Å². The van der Waals surface area contributed by atoms with Gasteiger partial charge in [-0.25, -0.2) is 41.3 Å². The van der Waals surface area contributed by atoms with Crippen LogP contribution in [-0.2, 0) is 44.8 Å². The molecular weight excluding hydrogens is 1150 g/mol. The van der Waals surface area contributed by atoms with Crippen LogP contribution in [0, 0.1) is 22.2 Å². The van der Waals surface area contributed by atoms with Crippen molar-refractivity contribution in [3.8, 4) is 33.4 Å². The van der Waals surface area contributed by atoms with Gasteiger partial charge in [0.05, 0.1) is 73.2 Å². The van der Waals surface area contributed by atoms with Gasteiger partial charge < -0.3 is 29.0 Å². The summed E-state index contributed by atoms with van der Waals surface area (Å²) in [5.41, 5.74) is 4.69. The first-order chi connectivity index (χ1) is 40.3. The Morgan fingerprint density at radius 1 is 0.667 bits per heavy atom. The van der Waals surface area contributed by atoms with E-state index in [9.17, 15) is 41.4 Å². The number of carbonyl (C=O) groups is 5. The van der Waals surface area contributed by atoms with Gasteiger partial charge in [0.15, 0.2) is 0 Å². The van der Waals surface area contributed by atoms with Crippen molar-refractivity contribution in [1.29, 1.82) is 4.78 Å². The van der Waals surface area contributed by atoms with Crippen LogP contribution in [0.4, 0.5) is 49.4 Å². The van der Waals surface area contributed by atoms with E-state index in [0.29, 0.717) is 63.7 Å². The molecule has 3 fully saturated rings. The van der Waals surface area contributed by atoms with E-state index in [1.807, 2.05) is 61.0 Å². The average Bonchev–Trinajstić information content (AvgIpc) is 4.21. The second-order valence-electron chi connectivity index (χ2n) is 19.1. The quantitative estimate of drug-likeness (QED) is 0.0493. The van der Waals surface area contributed by atoms with Crippen LogP contribution < -0.4 is 20.0 Å². The Hall–Kier alpha value is -8.48. The number of halogens is 3. The third-order valence-electron chi connectivity index (χ3n) is 13.4. The predicted octanol–water partition coefficient (Wildman–Crippen LogP) is 12.5. The van der Waals surface area contributed by atoms with Crippen molar-refractivity contribution in [1.82, 2.24) is 15.1 Å². The van der Waals surface area contributed by atoms with Crippen LogP contribution in [0.3, 0.4) is 0 Å². The maximum absolute atomic E-state index is 14.8. The minimum atomic E-state index is -2.82. The number of benzene rings is 6. The Morgan fingerprint density at radius 3 is 1.50 bits per heavy atom. The van der Waals surface area contributed by atoms with Gasteiger partial charge in [-0.15, -0.1) is 23.5 Å². The third-order valence-corrected chi connectivity index (χ3v) is 16.1. The molecule has 440 valence electrons. The Morgan fingerprint density at radius 2 is 1.10 bits per heavy atom. The molecule has 0 spiro atoms. The lowest BCUT2D eigenvalue weighted by atomic mass is 10.0. The number of rotatable bonds is 17. The number of nitrogens with zero attached hydrogens (tertiary/aromatic N) is 5. The van der Waals surface area contributed by atoms with Crippen LogP contribution in [0.2, 0.25) is 0 Å². The van der Waals surface area contributed by atoms with E-state index in [-0.39, 0.29) is 44.7 Å². The molecule has 4 heterocycles. The van der Waals surface area contributed by atoms with Crippen LogP contribution in [0.25, 0.3) is 33.4 Å². The number of aromatic nitrogens is 2. The summed E-state index contributed by atoms with van der Waals surface area (Å²) in [5, 5.41) is 6.63. The minimum Gasteiger partial charge on any atom is -0.469 e. The third kappa shape index (κ3) is 15.8. The van der Waals surface area contributed by atoms with Gasteiger partial charge in [-0.05, 0) is 140 Å². The number of methoxy groups -OCH3 is 1. The molecule has 3 aliphatic heterocycles. The van der Waals surface area contributed by atoms with Gasteiger partial charge in [-0.2, -0.15) is 5.10 Å². The molecule has 7 aromatic rings. The molecule has 6 aromatic carbocycles. The van der Waals surface area contributed by atoms with Gasteiger partial charge in [0.1, 0.15) is 35.8 Å². The largest absolute Gasteiger partial charge is 0.469 e. The van der Waals surface area contributed by atoms with Crippen molar-refractivity contribution < 1.29 is 65.0 Å². The Balaban J connectivity index is 0.000000164. The normalized spacial score (nSPS) is 17.0. The zero-order valence-electron chi connectivity index (χ0n) is 46.3. The molecule has 4 atom stereocenters. The smallest absolute Gasteiger partial charge is 0.414 e. The summed E-state index contributed by atoms with van der Waals surface area (Å²) >= 11 is 3.24. The Bertz CT molecular complexity index is 3580. The molecule has 3 aliphatic rings. The molecule has 0 aliphatic carbocycles. The van der Waals surface area contributed by atoms with E-state index < -0.39 is 63.8 Å². The van der Waals surface area contributed by atoms with E-state index in [1.54, 1.807) is 114 Å². The summed E-state index contributed by atoms with van der Waals surface area (Å²) in [5.74, 6) is -1.67. The number of carbonyl (C=O) groups excluding carboxylic acids is 5. The highest BCUT2D eigenvalue weighted by atomic mass is 32.2. The fraction of sp³-hybridized carbons (Fsp3) is 0.267. The molecule has 0 radical (unpaired) electrons. The zero-order valence-corrected chi connectivity index (χ0v) is 48.8. The van der Waals surface area contributed by atoms with Gasteiger partial charge >= 0.3 is 30.3 Å². The van der Waals surface area contributed by atoms with E-state index in [0.717, 1.165) is 20.9 Å². The van der Waals surface area contributed by atoms with Gasteiger partial charge in [0, 0.05) is 56.4 Å². The highest BCUT2D eigenvalue weighted by Crippen LogP contribution is 2.34. The maximum Gasteiger partial charge on any atom is 0.414 e. The lowest BCUT2D eigenvalue weighted by molar-refractivity contribution is -0.141. The van der Waals surface area contributed by atoms with Crippen molar-refractivity contribution in [3.05, 3.63) is 163 Å². The van der Waals surface area contributed by atoms with Gasteiger partial charge in [-0.3, -0.25) is 24.2 Å². The molecule has 3 saturated heterocycles. The van der Waals surface area contributed by atoms with Gasteiger partial charge in [-0.1, -0.05) is 36.4 Å². The number of esters is 1. The predicted molar refractivity (Wildman–Crippen MR) is 315 cm³/mol. The number of nitrogens with one attached hydrogen (secondary N) is 2. The van der Waals surface area contributed by atoms with Crippen molar-refractivity contribution in [3.63, 3.8) is 0 Å². The molecule has 24 heteroatoms. The first-order valence-corrected chi connectivity index (χ1v) is 30.7. The summed E-state index contributed by atoms with van der Waals surface area (Å²) < 4.78 is 90.4. The topological polar surface area (TPSA) is 212 Å². The number of alkyl carbamates (subject to hydrolysis) is 1. The number of amides is 4. The molecule has 4 unspecified atom stereocenters. The fourth-order valence-corrected chi connectivity index (χ4v) is 10.6. The minimum absolute atomic E-state index is 0.128. The van der Waals surface area contributed by atoms with E-state index >= 15 is 0 Å². The Labute approximate surface area is 492 Å². The van der Waals surface area contributed by atoms with Crippen LogP contribution >= 0.6 is 23.5 Å². The Kier molecular flexibility index (Phi) is 20.7. The van der Waals surface area contributed by atoms with Crippen LogP contribution in [0.5, 0.6) is 0 Å². The number of thioether (sulfide) groups is 2. The maximum atomic E-state index is 14.8. The monoisotopic (exact) mass is 1210 g/mol. The number of anilines is 3. The van der Waals surface area contributed by atoms with E-state index in [1.165, 1.54) is 46.3 Å². The lowest BCUT2D eigenvalue weighted by Crippen LogP contribution is -2.35. The second kappa shape index (κ2) is 28.2. The summed E-state index contributed by atoms with van der Waals surface area (Å²) in [7, 11) is -1.50. The van der Waals surface area contributed by atoms with E-state index in [2.05, 4.69) is 15.2 Å². The standard InChI is InChI=1S/C20H19FN4O3S.C20H21FN2O4S.C20H20FNO4S/c1-29(22,27)17-6-3-14(4-7-17)18-8-5-15(11-19(18)21)25-13-16(28-20(25)26)12-24-10-2-9-23-24;1-3-26-19(24)22-11-15-12-23(20(25)27-15)14-6-9-17(18(21)10-14)13-4-7-16(28-2)8-5-13;1-25-19(23)10-6-15-12-22(20(24)26-15)14-5-9-17(18(21)11-14)13-3-7-16(27-2)8-4-13/h2-11,16,22H,12-13H2,1H3;4-10,15H,3,11-12H2,1-2H3,(H,22,24);3-5,7-9,11,15H,6,10,12H2,1-2H3. The summed E-state index contributed by atoms with van der Waals surface area (Å²) in [6.07, 6.45) is 5.76. The SMILES string of the molecule is CCOC(=O)NCC1CN(c2ccc(-c3ccc(SC)cc3)c(F)c2)C(=O)O1.COC(=O)CCC1CN(c2ccc(-c3ccc(SC)cc3)c(F)c2)C(=O)O1.CS(=N)(=O)c1ccc(-c2ccc(N3CC(Cn4cccn4)OC3=O)cc2F)cc1. The number of hydrogen-bond acceptors (Lipinski definition) is 15. The van der Waals surface area contributed by atoms with E-state index in [4.69, 9.17) is 23.7 Å². The molecule has 2 N–H and O–H groups in total. The molecule has 1 aromatic heterocycles. The summed E-state index contributed by atoms with van der Waals surface area (Å²) in [6, 6.07) is 37.3. The molecular formula is C60H60F3N7O11S3. The fourth-order valence-electron chi connectivity index (χ4n) is 9.08. The van der Waals surface area contributed by atoms with Crippen molar-refractivity contribution in [2.75, 3.05) is 73.4 Å². The molecule has 18 nitrogen and oxygen atoms in total. The van der Waals surface area contributed by atoms with Crippen molar-refractivity contribution >= 4 is 80.7 Å². The zero-order chi connectivity index (χ0) is 60.1. The highest BCUT2D eigenvalue weighted by Gasteiger charge is 2.36. The van der Waals surface area contributed by atoms with Crippen LogP contribution in [0.15, 0.2) is 161 Å². The second-order valence-corrected chi connectivity index (χ2v) is 23.0. The number of cyclic esters (lactones) is 3. The van der Waals surface area contributed by atoms with Crippen LogP contribution in [0.1, 0.15) is 19.8 Å². The van der Waals surface area contributed by atoms with Crippen molar-refractivity contribution in [2.24, 2.45) is 0 Å². The molecule has 4 amide bonds. The van der Waals surface area contributed by atoms with Crippen LogP contribution in [-0.4, -0.2) is 121 Å². The molecule has 0 saturated carbocycles. The molecule has 84 heavy (non-hydrogen) atoms. The van der Waals surface area contributed by atoms with Gasteiger partial charge in [0.25, 0.3) is 0 Å². The average molecular weight is 1210 g/mol. The molecule has 10 rings (SSSR count). The first kappa shape index (κ1) is 61.6. The molecule has 0 bridgehead atoms.